The van der Waals surface area contributed by atoms with E-state index in [1.54, 1.807) is 6.92 Å². The normalized spacial score (nSPS) is 21.2. The predicted octanol–water partition coefficient (Wildman–Crippen LogP) is 3.92. The summed E-state index contributed by atoms with van der Waals surface area (Å²) in [6.07, 6.45) is 0. The van der Waals surface area contributed by atoms with Crippen LogP contribution in [-0.2, 0) is 9.53 Å². The molecule has 0 aromatic heterocycles. The Kier molecular flexibility index (Phi) is 4.03. The first kappa shape index (κ1) is 16.5. The summed E-state index contributed by atoms with van der Waals surface area (Å²) in [5, 5.41) is 0. The van der Waals surface area contributed by atoms with E-state index in [-0.39, 0.29) is 18.3 Å². The van der Waals surface area contributed by atoms with Crippen molar-refractivity contribution in [2.24, 2.45) is 10.9 Å². The zero-order chi connectivity index (χ0) is 18.3. The second kappa shape index (κ2) is 6.37. The number of esters is 1. The molecule has 2 aromatic rings. The molecule has 0 amide bonds. The number of benzene rings is 2. The summed E-state index contributed by atoms with van der Waals surface area (Å²) in [4.78, 5) is 30.6. The molecule has 4 heteroatoms. The number of carbonyl (C=O) groups excluding carboxylic acids is 2. The Balaban J connectivity index is 1.94. The molecule has 2 aliphatic rings. The summed E-state index contributed by atoms with van der Waals surface area (Å²) < 4.78 is 5.29. The lowest BCUT2D eigenvalue weighted by Crippen LogP contribution is -2.32. The fourth-order valence-corrected chi connectivity index (χ4v) is 3.96. The van der Waals surface area contributed by atoms with Gasteiger partial charge in [0.15, 0.2) is 5.78 Å². The van der Waals surface area contributed by atoms with Crippen LogP contribution in [0.5, 0.6) is 0 Å². The number of aliphatic imine (C=N–C) groups is 1. The minimum atomic E-state index is -0.488. The lowest BCUT2D eigenvalue weighted by molar-refractivity contribution is -0.139. The molecule has 2 atom stereocenters. The highest BCUT2D eigenvalue weighted by Gasteiger charge is 2.47. The first-order valence-electron chi connectivity index (χ1n) is 8.78. The third kappa shape index (κ3) is 2.41. The molecular formula is C22H19NO3. The molecule has 0 fully saturated rings. The van der Waals surface area contributed by atoms with Crippen LogP contribution in [0.25, 0.3) is 0 Å². The molecule has 0 radical (unpaired) electrons. The number of nitrogens with zero attached hydrogens (tertiary/aromatic N) is 1. The zero-order valence-electron chi connectivity index (χ0n) is 14.7. The standard InChI is InChI=1S/C22H19NO3/c1-3-26-22(25)17-13(2)23-20-15-11-7-8-12-16(15)21(24)19(20)18(17)14-9-5-4-6-10-14/h4-12,18-19H,3H2,1-2H3/t18-,19-/m1/s1. The zero-order valence-corrected chi connectivity index (χ0v) is 14.7. The van der Waals surface area contributed by atoms with Gasteiger partial charge in [-0.3, -0.25) is 9.79 Å². The van der Waals surface area contributed by atoms with Crippen LogP contribution in [0.2, 0.25) is 0 Å². The van der Waals surface area contributed by atoms with Crippen LogP contribution in [0.1, 0.15) is 41.3 Å². The van der Waals surface area contributed by atoms with Gasteiger partial charge in [-0.1, -0.05) is 54.6 Å². The summed E-state index contributed by atoms with van der Waals surface area (Å²) in [6, 6.07) is 17.2. The minimum Gasteiger partial charge on any atom is -0.463 e. The van der Waals surface area contributed by atoms with E-state index >= 15 is 0 Å². The van der Waals surface area contributed by atoms with Crippen molar-refractivity contribution in [2.45, 2.75) is 19.8 Å². The van der Waals surface area contributed by atoms with Gasteiger partial charge in [0.2, 0.25) is 0 Å². The largest absolute Gasteiger partial charge is 0.463 e. The van der Waals surface area contributed by atoms with Crippen molar-refractivity contribution in [3.8, 4) is 0 Å². The molecule has 0 unspecified atom stereocenters. The molecule has 0 N–H and O–H groups in total. The van der Waals surface area contributed by atoms with E-state index in [1.807, 2.05) is 61.5 Å². The Morgan fingerprint density at radius 2 is 1.65 bits per heavy atom. The number of allylic oxidation sites excluding steroid dienone is 1. The van der Waals surface area contributed by atoms with Gasteiger partial charge in [0.05, 0.1) is 23.8 Å². The molecule has 1 heterocycles. The number of ketones is 1. The van der Waals surface area contributed by atoms with E-state index in [2.05, 4.69) is 4.99 Å². The minimum absolute atomic E-state index is 0.0162. The second-order valence-electron chi connectivity index (χ2n) is 6.49. The maximum absolute atomic E-state index is 13.2. The summed E-state index contributed by atoms with van der Waals surface area (Å²) in [5.41, 5.74) is 4.32. The van der Waals surface area contributed by atoms with Gasteiger partial charge in [0.1, 0.15) is 0 Å². The van der Waals surface area contributed by atoms with E-state index in [4.69, 9.17) is 4.74 Å². The van der Waals surface area contributed by atoms with E-state index in [1.165, 1.54) is 0 Å². The van der Waals surface area contributed by atoms with Crippen LogP contribution in [0.3, 0.4) is 0 Å². The Bertz CT molecular complexity index is 956. The van der Waals surface area contributed by atoms with E-state index in [0.29, 0.717) is 16.8 Å². The maximum atomic E-state index is 13.2. The fourth-order valence-electron chi connectivity index (χ4n) is 3.96. The molecule has 4 nitrogen and oxygen atoms in total. The highest BCUT2D eigenvalue weighted by atomic mass is 16.5. The fraction of sp³-hybridized carbons (Fsp3) is 0.227. The molecule has 0 saturated heterocycles. The highest BCUT2D eigenvalue weighted by molar-refractivity contribution is 6.30. The van der Waals surface area contributed by atoms with E-state index in [9.17, 15) is 9.59 Å². The topological polar surface area (TPSA) is 55.7 Å². The van der Waals surface area contributed by atoms with Gasteiger partial charge < -0.3 is 4.74 Å². The second-order valence-corrected chi connectivity index (χ2v) is 6.49. The van der Waals surface area contributed by atoms with Gasteiger partial charge in [0.25, 0.3) is 0 Å². The molecular weight excluding hydrogens is 326 g/mol. The van der Waals surface area contributed by atoms with Crippen molar-refractivity contribution in [3.63, 3.8) is 0 Å². The predicted molar refractivity (Wildman–Crippen MR) is 99.3 cm³/mol. The smallest absolute Gasteiger partial charge is 0.336 e. The van der Waals surface area contributed by atoms with Crippen LogP contribution in [0, 0.1) is 5.92 Å². The first-order chi connectivity index (χ1) is 12.6. The summed E-state index contributed by atoms with van der Waals surface area (Å²) in [6.45, 7) is 3.88. The van der Waals surface area contributed by atoms with E-state index in [0.717, 1.165) is 16.8 Å². The highest BCUT2D eigenvalue weighted by Crippen LogP contribution is 2.45. The van der Waals surface area contributed by atoms with Crippen LogP contribution < -0.4 is 0 Å². The monoisotopic (exact) mass is 345 g/mol. The quantitative estimate of drug-likeness (QED) is 0.792. The number of fused-ring (bicyclic) bond motifs is 3. The molecule has 1 aliphatic heterocycles. The van der Waals surface area contributed by atoms with Crippen molar-refractivity contribution in [1.82, 2.24) is 0 Å². The Labute approximate surface area is 152 Å². The van der Waals surface area contributed by atoms with E-state index < -0.39 is 11.9 Å². The lowest BCUT2D eigenvalue weighted by Gasteiger charge is -2.29. The number of hydrogen-bond acceptors (Lipinski definition) is 4. The Morgan fingerprint density at radius 1 is 1.00 bits per heavy atom. The van der Waals surface area contributed by atoms with Gasteiger partial charge in [-0.15, -0.1) is 0 Å². The van der Waals surface area contributed by atoms with Gasteiger partial charge in [0, 0.05) is 22.7 Å². The molecule has 130 valence electrons. The first-order valence-corrected chi connectivity index (χ1v) is 8.78. The number of ether oxygens (including phenoxy) is 1. The summed E-state index contributed by atoms with van der Waals surface area (Å²) in [5.74, 6) is -1.26. The number of hydrogen-bond donors (Lipinski definition) is 0. The van der Waals surface area contributed by atoms with Crippen molar-refractivity contribution in [1.29, 1.82) is 0 Å². The maximum Gasteiger partial charge on any atom is 0.336 e. The third-order valence-electron chi connectivity index (χ3n) is 5.02. The average Bonchev–Trinajstić information content (AvgIpc) is 2.94. The third-order valence-corrected chi connectivity index (χ3v) is 5.02. The average molecular weight is 345 g/mol. The molecule has 0 spiro atoms. The number of rotatable bonds is 3. The number of carbonyl (C=O) groups is 2. The lowest BCUT2D eigenvalue weighted by atomic mass is 9.75. The SMILES string of the molecule is CCOC(=O)C1=C(C)N=C2c3ccccc3C(=O)[C@@H]2[C@@H]1c1ccccc1. The van der Waals surface area contributed by atoms with Crippen LogP contribution in [0.4, 0.5) is 0 Å². The van der Waals surface area contributed by atoms with Gasteiger partial charge in [-0.2, -0.15) is 0 Å². The number of Topliss-reactive ketones (excluding diaryl/α,β-unsaturated/α-hetero) is 1. The Hall–Kier alpha value is -3.01. The van der Waals surface area contributed by atoms with Crippen molar-refractivity contribution >= 4 is 17.5 Å². The van der Waals surface area contributed by atoms with Crippen LogP contribution >= 0.6 is 0 Å². The summed E-state index contributed by atoms with van der Waals surface area (Å²) in [7, 11) is 0. The molecule has 4 rings (SSSR count). The van der Waals surface area contributed by atoms with Gasteiger partial charge in [-0.25, -0.2) is 4.79 Å². The Morgan fingerprint density at radius 3 is 2.35 bits per heavy atom. The van der Waals surface area contributed by atoms with Gasteiger partial charge >= 0.3 is 5.97 Å². The van der Waals surface area contributed by atoms with Crippen LogP contribution in [0.15, 0.2) is 70.9 Å². The molecule has 26 heavy (non-hydrogen) atoms. The molecule has 0 bridgehead atoms. The van der Waals surface area contributed by atoms with Gasteiger partial charge in [-0.05, 0) is 19.4 Å². The summed E-state index contributed by atoms with van der Waals surface area (Å²) >= 11 is 0. The molecule has 0 saturated carbocycles. The van der Waals surface area contributed by atoms with Crippen LogP contribution in [-0.4, -0.2) is 24.1 Å². The van der Waals surface area contributed by atoms with Crippen molar-refractivity contribution < 1.29 is 14.3 Å². The molecule has 2 aromatic carbocycles. The van der Waals surface area contributed by atoms with Crippen molar-refractivity contribution in [2.75, 3.05) is 6.61 Å². The molecule has 1 aliphatic carbocycles. The van der Waals surface area contributed by atoms with Crippen molar-refractivity contribution in [3.05, 3.63) is 82.6 Å².